The number of anilines is 1. The molecule has 6 rings (SSSR count). The first-order chi connectivity index (χ1) is 19.5. The highest BCUT2D eigenvalue weighted by molar-refractivity contribution is 6.31. The summed E-state index contributed by atoms with van der Waals surface area (Å²) in [7, 11) is 0. The van der Waals surface area contributed by atoms with Crippen molar-refractivity contribution in [3.05, 3.63) is 105 Å². The molecule has 12 heteroatoms. The zero-order valence-electron chi connectivity index (χ0n) is 21.0. The average molecular weight is 587 g/mol. The number of aromatic nitrogens is 2. The molecule has 2 heterocycles. The van der Waals surface area contributed by atoms with Crippen LogP contribution in [-0.4, -0.2) is 21.6 Å². The van der Waals surface area contributed by atoms with Gasteiger partial charge in [-0.25, -0.2) is 8.78 Å². The van der Waals surface area contributed by atoms with Gasteiger partial charge < -0.3 is 10.6 Å². The van der Waals surface area contributed by atoms with E-state index in [1.54, 1.807) is 29.1 Å². The van der Waals surface area contributed by atoms with Crippen LogP contribution in [-0.2, 0) is 12.7 Å². The van der Waals surface area contributed by atoms with Gasteiger partial charge in [-0.2, -0.15) is 18.3 Å². The number of rotatable bonds is 6. The number of hydrogen-bond donors (Lipinski definition) is 2. The molecule has 0 radical (unpaired) electrons. The van der Waals surface area contributed by atoms with Crippen molar-refractivity contribution in [2.24, 2.45) is 5.92 Å². The molecule has 0 saturated heterocycles. The smallest absolute Gasteiger partial charge is 0.341 e. The van der Waals surface area contributed by atoms with Crippen LogP contribution in [0.4, 0.5) is 27.6 Å². The lowest BCUT2D eigenvalue weighted by atomic mass is 9.93. The Balaban J connectivity index is 1.48. The Morgan fingerprint density at radius 1 is 1.05 bits per heavy atom. The molecule has 1 aliphatic carbocycles. The van der Waals surface area contributed by atoms with Crippen LogP contribution in [0.3, 0.4) is 0 Å². The first kappa shape index (κ1) is 26.9. The highest BCUT2D eigenvalue weighted by atomic mass is 35.5. The van der Waals surface area contributed by atoms with E-state index in [0.29, 0.717) is 41.9 Å². The molecule has 0 spiro atoms. The number of amides is 2. The van der Waals surface area contributed by atoms with Crippen molar-refractivity contribution in [1.29, 1.82) is 0 Å². The number of nitrogens with zero attached hydrogens (tertiary/aromatic N) is 2. The lowest BCUT2D eigenvalue weighted by molar-refractivity contribution is -0.137. The molecule has 2 N–H and O–H groups in total. The molecule has 41 heavy (non-hydrogen) atoms. The van der Waals surface area contributed by atoms with E-state index < -0.39 is 46.8 Å². The van der Waals surface area contributed by atoms with Crippen molar-refractivity contribution in [3.8, 4) is 11.3 Å². The monoisotopic (exact) mass is 586 g/mol. The van der Waals surface area contributed by atoms with Crippen LogP contribution in [0.25, 0.3) is 11.3 Å². The Labute approximate surface area is 235 Å². The van der Waals surface area contributed by atoms with Gasteiger partial charge >= 0.3 is 6.18 Å². The van der Waals surface area contributed by atoms with E-state index in [4.69, 9.17) is 11.6 Å². The molecule has 1 atom stereocenters. The van der Waals surface area contributed by atoms with Crippen molar-refractivity contribution in [2.75, 3.05) is 5.32 Å². The van der Waals surface area contributed by atoms with Gasteiger partial charge in [-0.15, -0.1) is 0 Å². The van der Waals surface area contributed by atoms with Gasteiger partial charge in [0, 0.05) is 51.3 Å². The number of hydrogen-bond acceptors (Lipinski definition) is 3. The molecule has 2 aliphatic rings. The summed E-state index contributed by atoms with van der Waals surface area (Å²) in [5.74, 6) is -2.95. The maximum absolute atomic E-state index is 14.2. The molecular weight excluding hydrogens is 567 g/mol. The fourth-order valence-corrected chi connectivity index (χ4v) is 5.23. The molecule has 4 aromatic rings. The van der Waals surface area contributed by atoms with Crippen LogP contribution in [0.1, 0.15) is 56.3 Å². The number of fused-ring (bicyclic) bond motifs is 1. The largest absolute Gasteiger partial charge is 0.416 e. The molecule has 1 unspecified atom stereocenters. The number of nitrogens with one attached hydrogen (secondary N) is 2. The summed E-state index contributed by atoms with van der Waals surface area (Å²) in [6, 6.07) is 9.06. The van der Waals surface area contributed by atoms with Gasteiger partial charge in [0.15, 0.2) is 0 Å². The van der Waals surface area contributed by atoms with Crippen LogP contribution in [0.2, 0.25) is 5.02 Å². The van der Waals surface area contributed by atoms with E-state index in [9.17, 15) is 31.5 Å². The average Bonchev–Trinajstić information content (AvgIpc) is 3.50. The van der Waals surface area contributed by atoms with Gasteiger partial charge in [0.1, 0.15) is 11.6 Å². The minimum atomic E-state index is -4.88. The summed E-state index contributed by atoms with van der Waals surface area (Å²) < 4.78 is 70.0. The Kier molecular flexibility index (Phi) is 6.56. The van der Waals surface area contributed by atoms with E-state index >= 15 is 0 Å². The van der Waals surface area contributed by atoms with Crippen LogP contribution in [0.5, 0.6) is 0 Å². The van der Waals surface area contributed by atoms with Crippen molar-refractivity contribution < 1.29 is 31.5 Å². The lowest BCUT2D eigenvalue weighted by Crippen LogP contribution is -2.21. The number of alkyl halides is 3. The Morgan fingerprint density at radius 2 is 1.83 bits per heavy atom. The molecule has 210 valence electrons. The molecule has 2 amide bonds. The molecule has 3 aromatic carbocycles. The van der Waals surface area contributed by atoms with E-state index in [-0.39, 0.29) is 27.4 Å². The fourth-order valence-electron chi connectivity index (χ4n) is 5.00. The molecule has 1 aromatic heterocycles. The van der Waals surface area contributed by atoms with Gasteiger partial charge in [-0.1, -0.05) is 11.6 Å². The standard InChI is InChI=1S/C29H20ClF5N4O2/c30-22-4-3-18(31)12-20(22)26-25-21(28(41)38-26)9-15(24-5-6-36-39(24)13-14-1-2-14)10-23(25)37-27(40)16-7-17(29(33,34)35)11-19(32)8-16/h3-12,14,26H,1-2,13H2,(H,37,40)(H,38,41). The summed E-state index contributed by atoms with van der Waals surface area (Å²) in [6.07, 6.45) is -1.15. The van der Waals surface area contributed by atoms with Crippen molar-refractivity contribution in [3.63, 3.8) is 0 Å². The van der Waals surface area contributed by atoms with Gasteiger partial charge in [-0.05, 0) is 73.4 Å². The van der Waals surface area contributed by atoms with Crippen molar-refractivity contribution >= 4 is 29.1 Å². The minimum Gasteiger partial charge on any atom is -0.341 e. The Bertz CT molecular complexity index is 1710. The second-order valence-corrected chi connectivity index (χ2v) is 10.5. The minimum absolute atomic E-state index is 0.0585. The molecule has 1 fully saturated rings. The fraction of sp³-hybridized carbons (Fsp3) is 0.207. The molecule has 6 nitrogen and oxygen atoms in total. The molecule has 1 saturated carbocycles. The van der Waals surface area contributed by atoms with Crippen LogP contribution < -0.4 is 10.6 Å². The molecule has 1 aliphatic heterocycles. The maximum atomic E-state index is 14.2. The summed E-state index contributed by atoms with van der Waals surface area (Å²) in [5.41, 5.74) is -0.0828. The van der Waals surface area contributed by atoms with Gasteiger partial charge in [0.2, 0.25) is 0 Å². The first-order valence-corrected chi connectivity index (χ1v) is 13.0. The highest BCUT2D eigenvalue weighted by Crippen LogP contribution is 2.42. The van der Waals surface area contributed by atoms with E-state index in [1.807, 2.05) is 0 Å². The topological polar surface area (TPSA) is 76.0 Å². The molecular formula is C29H20ClF5N4O2. The van der Waals surface area contributed by atoms with Crippen molar-refractivity contribution in [1.82, 2.24) is 15.1 Å². The summed E-state index contributed by atoms with van der Waals surface area (Å²) in [4.78, 5) is 26.4. The summed E-state index contributed by atoms with van der Waals surface area (Å²) >= 11 is 6.34. The van der Waals surface area contributed by atoms with Crippen LogP contribution in [0, 0.1) is 17.6 Å². The van der Waals surface area contributed by atoms with E-state index in [2.05, 4.69) is 15.7 Å². The molecule has 0 bridgehead atoms. The van der Waals surface area contributed by atoms with E-state index in [0.717, 1.165) is 25.0 Å². The maximum Gasteiger partial charge on any atom is 0.416 e. The van der Waals surface area contributed by atoms with Gasteiger partial charge in [0.05, 0.1) is 17.3 Å². The predicted octanol–water partition coefficient (Wildman–Crippen LogP) is 7.00. The Hall–Kier alpha value is -4.25. The quantitative estimate of drug-likeness (QED) is 0.239. The van der Waals surface area contributed by atoms with Gasteiger partial charge in [-0.3, -0.25) is 14.3 Å². The summed E-state index contributed by atoms with van der Waals surface area (Å²) in [6.45, 7) is 0.651. The number of benzene rings is 3. The predicted molar refractivity (Wildman–Crippen MR) is 140 cm³/mol. The van der Waals surface area contributed by atoms with Crippen LogP contribution in [0.15, 0.2) is 60.8 Å². The lowest BCUT2D eigenvalue weighted by Gasteiger charge is -2.19. The van der Waals surface area contributed by atoms with Gasteiger partial charge in [0.25, 0.3) is 11.8 Å². The second-order valence-electron chi connectivity index (χ2n) is 10.1. The zero-order valence-corrected chi connectivity index (χ0v) is 21.8. The van der Waals surface area contributed by atoms with Crippen molar-refractivity contribution in [2.45, 2.75) is 31.6 Å². The Morgan fingerprint density at radius 3 is 2.56 bits per heavy atom. The third-order valence-corrected chi connectivity index (χ3v) is 7.48. The second kappa shape index (κ2) is 9.99. The normalized spacial score (nSPS) is 16.4. The summed E-state index contributed by atoms with van der Waals surface area (Å²) in [5, 5.41) is 9.83. The van der Waals surface area contributed by atoms with Crippen LogP contribution >= 0.6 is 11.6 Å². The third-order valence-electron chi connectivity index (χ3n) is 7.13. The number of carbonyl (C=O) groups excluding carboxylic acids is 2. The highest BCUT2D eigenvalue weighted by Gasteiger charge is 2.36. The number of halogens is 6. The number of carbonyl (C=O) groups is 2. The SMILES string of the molecule is O=C(Nc1cc(-c2ccnn2CC2CC2)cc2c1C(c1cc(F)ccc1Cl)NC2=O)c1cc(F)cc(C(F)(F)F)c1. The third kappa shape index (κ3) is 5.29. The first-order valence-electron chi connectivity index (χ1n) is 12.6. The van der Waals surface area contributed by atoms with E-state index in [1.165, 1.54) is 6.07 Å². The zero-order chi connectivity index (χ0) is 29.1.